The van der Waals surface area contributed by atoms with Gasteiger partial charge in [0.2, 0.25) is 5.82 Å². The van der Waals surface area contributed by atoms with Crippen LogP contribution < -0.4 is 4.74 Å². The second kappa shape index (κ2) is 2.82. The first-order valence-corrected chi connectivity index (χ1v) is 3.01. The molecule has 0 saturated carbocycles. The maximum atomic E-state index is 12.7. The molecular formula is C7H7F2NO. The number of aromatic nitrogens is 1. The maximum absolute atomic E-state index is 12.7. The normalized spacial score (nSPS) is 9.82. The summed E-state index contributed by atoms with van der Waals surface area (Å²) in [6.07, 6.45) is 1.22. The van der Waals surface area contributed by atoms with E-state index in [1.807, 2.05) is 0 Å². The standard InChI is InChI=1S/C7H7F2NO/c1-4-3-10-7(11-2)6(9)5(4)8/h3H,1-2H3. The molecule has 4 heteroatoms. The Labute approximate surface area is 62.8 Å². The van der Waals surface area contributed by atoms with Gasteiger partial charge in [-0.2, -0.15) is 4.39 Å². The average Bonchev–Trinajstić information content (AvgIpc) is 2.01. The van der Waals surface area contributed by atoms with Crippen molar-refractivity contribution >= 4 is 0 Å². The van der Waals surface area contributed by atoms with E-state index < -0.39 is 11.6 Å². The molecule has 0 aromatic carbocycles. The van der Waals surface area contributed by atoms with E-state index in [2.05, 4.69) is 9.72 Å². The predicted octanol–water partition coefficient (Wildman–Crippen LogP) is 1.68. The van der Waals surface area contributed by atoms with Gasteiger partial charge in [-0.15, -0.1) is 0 Å². The van der Waals surface area contributed by atoms with E-state index in [0.717, 1.165) is 0 Å². The van der Waals surface area contributed by atoms with Crippen LogP contribution in [0.1, 0.15) is 5.56 Å². The molecule has 1 rings (SSSR count). The predicted molar refractivity (Wildman–Crippen MR) is 35.4 cm³/mol. The number of hydrogen-bond donors (Lipinski definition) is 0. The molecule has 0 radical (unpaired) electrons. The van der Waals surface area contributed by atoms with Crippen molar-refractivity contribution in [2.24, 2.45) is 0 Å². The zero-order chi connectivity index (χ0) is 8.43. The van der Waals surface area contributed by atoms with Gasteiger partial charge in [-0.1, -0.05) is 0 Å². The number of aryl methyl sites for hydroxylation is 1. The number of pyridine rings is 1. The van der Waals surface area contributed by atoms with Crippen molar-refractivity contribution in [3.63, 3.8) is 0 Å². The summed E-state index contributed by atoms with van der Waals surface area (Å²) in [5.74, 6) is -2.25. The van der Waals surface area contributed by atoms with Crippen molar-refractivity contribution < 1.29 is 13.5 Å². The average molecular weight is 159 g/mol. The first kappa shape index (κ1) is 7.91. The van der Waals surface area contributed by atoms with Crippen LogP contribution in [0.3, 0.4) is 0 Å². The summed E-state index contributed by atoms with van der Waals surface area (Å²) in [5.41, 5.74) is 0.170. The second-order valence-electron chi connectivity index (χ2n) is 2.08. The molecule has 0 unspecified atom stereocenters. The molecule has 1 aromatic rings. The van der Waals surface area contributed by atoms with Gasteiger partial charge in [-0.05, 0) is 6.92 Å². The van der Waals surface area contributed by atoms with Crippen LogP contribution in [0.5, 0.6) is 5.88 Å². The van der Waals surface area contributed by atoms with Crippen LogP contribution in [0.15, 0.2) is 6.20 Å². The third kappa shape index (κ3) is 1.29. The van der Waals surface area contributed by atoms with Crippen LogP contribution >= 0.6 is 0 Å². The lowest BCUT2D eigenvalue weighted by atomic mass is 10.3. The van der Waals surface area contributed by atoms with Gasteiger partial charge in [0.1, 0.15) is 0 Å². The Morgan fingerprint density at radius 2 is 2.00 bits per heavy atom. The highest BCUT2D eigenvalue weighted by Gasteiger charge is 2.11. The minimum absolute atomic E-state index is 0.170. The van der Waals surface area contributed by atoms with Gasteiger partial charge < -0.3 is 4.74 Å². The molecule has 60 valence electrons. The van der Waals surface area contributed by atoms with E-state index >= 15 is 0 Å². The molecule has 0 aliphatic carbocycles. The minimum Gasteiger partial charge on any atom is -0.479 e. The molecule has 0 N–H and O–H groups in total. The molecule has 1 heterocycles. The van der Waals surface area contributed by atoms with Crippen LogP contribution in [0.4, 0.5) is 8.78 Å². The first-order valence-electron chi connectivity index (χ1n) is 3.01. The Balaban J connectivity index is 3.25. The monoisotopic (exact) mass is 159 g/mol. The van der Waals surface area contributed by atoms with Crippen LogP contribution in [0.25, 0.3) is 0 Å². The summed E-state index contributed by atoms with van der Waals surface area (Å²) in [5, 5.41) is 0. The Kier molecular flexibility index (Phi) is 2.03. The second-order valence-corrected chi connectivity index (χ2v) is 2.08. The molecule has 0 saturated heterocycles. The molecule has 0 fully saturated rings. The van der Waals surface area contributed by atoms with Gasteiger partial charge in [0, 0.05) is 11.8 Å². The molecule has 2 nitrogen and oxygen atoms in total. The fourth-order valence-corrected chi connectivity index (χ4v) is 0.678. The van der Waals surface area contributed by atoms with Crippen molar-refractivity contribution in [2.75, 3.05) is 7.11 Å². The van der Waals surface area contributed by atoms with Crippen molar-refractivity contribution in [3.8, 4) is 5.88 Å². The van der Waals surface area contributed by atoms with Crippen LogP contribution in [0.2, 0.25) is 0 Å². The Morgan fingerprint density at radius 3 is 2.55 bits per heavy atom. The van der Waals surface area contributed by atoms with Gasteiger partial charge >= 0.3 is 0 Å². The Hall–Kier alpha value is -1.19. The van der Waals surface area contributed by atoms with E-state index in [-0.39, 0.29) is 11.4 Å². The highest BCUT2D eigenvalue weighted by molar-refractivity contribution is 5.21. The van der Waals surface area contributed by atoms with E-state index in [1.165, 1.54) is 20.2 Å². The van der Waals surface area contributed by atoms with Gasteiger partial charge in [0.05, 0.1) is 7.11 Å². The number of methoxy groups -OCH3 is 1. The number of nitrogens with zero attached hydrogens (tertiary/aromatic N) is 1. The summed E-state index contributed by atoms with van der Waals surface area (Å²) < 4.78 is 29.8. The summed E-state index contributed by atoms with van der Waals surface area (Å²) in [7, 11) is 1.24. The Morgan fingerprint density at radius 1 is 1.36 bits per heavy atom. The van der Waals surface area contributed by atoms with Crippen LogP contribution in [0, 0.1) is 18.6 Å². The lowest BCUT2D eigenvalue weighted by Gasteiger charge is -2.01. The van der Waals surface area contributed by atoms with Crippen molar-refractivity contribution in [2.45, 2.75) is 6.92 Å². The number of rotatable bonds is 1. The van der Waals surface area contributed by atoms with Crippen LogP contribution in [-0.4, -0.2) is 12.1 Å². The van der Waals surface area contributed by atoms with Gasteiger partial charge in [-0.25, -0.2) is 9.37 Å². The zero-order valence-electron chi connectivity index (χ0n) is 6.19. The van der Waals surface area contributed by atoms with Crippen molar-refractivity contribution in [1.82, 2.24) is 4.98 Å². The topological polar surface area (TPSA) is 22.1 Å². The molecule has 0 bridgehead atoms. The highest BCUT2D eigenvalue weighted by atomic mass is 19.2. The third-order valence-electron chi connectivity index (χ3n) is 1.30. The fourth-order valence-electron chi connectivity index (χ4n) is 0.678. The zero-order valence-corrected chi connectivity index (χ0v) is 6.19. The lowest BCUT2D eigenvalue weighted by Crippen LogP contribution is -1.97. The van der Waals surface area contributed by atoms with Crippen molar-refractivity contribution in [3.05, 3.63) is 23.4 Å². The molecule has 0 amide bonds. The summed E-state index contributed by atoms with van der Waals surface area (Å²) in [6.45, 7) is 1.44. The molecular weight excluding hydrogens is 152 g/mol. The molecule has 1 aromatic heterocycles. The van der Waals surface area contributed by atoms with E-state index in [1.54, 1.807) is 0 Å². The van der Waals surface area contributed by atoms with E-state index in [4.69, 9.17) is 0 Å². The number of halogens is 2. The smallest absolute Gasteiger partial charge is 0.253 e. The summed E-state index contributed by atoms with van der Waals surface area (Å²) in [6, 6.07) is 0. The maximum Gasteiger partial charge on any atom is 0.253 e. The quantitative estimate of drug-likeness (QED) is 0.621. The fraction of sp³-hybridized carbons (Fsp3) is 0.286. The molecule has 0 aliphatic heterocycles. The molecule has 0 aliphatic rings. The third-order valence-corrected chi connectivity index (χ3v) is 1.30. The molecule has 0 atom stereocenters. The van der Waals surface area contributed by atoms with E-state index in [9.17, 15) is 8.78 Å². The van der Waals surface area contributed by atoms with Crippen molar-refractivity contribution in [1.29, 1.82) is 0 Å². The highest BCUT2D eigenvalue weighted by Crippen LogP contribution is 2.17. The summed E-state index contributed by atoms with van der Waals surface area (Å²) in [4.78, 5) is 3.52. The Bertz CT molecular complexity index is 275. The molecule has 11 heavy (non-hydrogen) atoms. The van der Waals surface area contributed by atoms with E-state index in [0.29, 0.717) is 0 Å². The van der Waals surface area contributed by atoms with Gasteiger partial charge in [-0.3, -0.25) is 0 Å². The molecule has 0 spiro atoms. The largest absolute Gasteiger partial charge is 0.479 e. The minimum atomic E-state index is -1.03. The lowest BCUT2D eigenvalue weighted by molar-refractivity contribution is 0.353. The van der Waals surface area contributed by atoms with Gasteiger partial charge in [0.15, 0.2) is 5.82 Å². The summed E-state index contributed by atoms with van der Waals surface area (Å²) >= 11 is 0. The number of ether oxygens (including phenoxy) is 1. The van der Waals surface area contributed by atoms with Gasteiger partial charge in [0.25, 0.3) is 5.88 Å². The van der Waals surface area contributed by atoms with Crippen LogP contribution in [-0.2, 0) is 0 Å². The SMILES string of the molecule is COc1ncc(C)c(F)c1F. The number of hydrogen-bond acceptors (Lipinski definition) is 2. The first-order chi connectivity index (χ1) is 5.16.